The van der Waals surface area contributed by atoms with Gasteiger partial charge in [-0.2, -0.15) is 0 Å². The van der Waals surface area contributed by atoms with Crippen LogP contribution in [0.5, 0.6) is 0 Å². The van der Waals surface area contributed by atoms with E-state index in [4.69, 9.17) is 14.5 Å². The Kier molecular flexibility index (Phi) is 10.8. The molecule has 0 bridgehead atoms. The second-order valence-corrected chi connectivity index (χ2v) is 16.5. The molecule has 1 heterocycles. The van der Waals surface area contributed by atoms with Gasteiger partial charge >= 0.3 is 12.2 Å². The van der Waals surface area contributed by atoms with Crippen molar-refractivity contribution in [1.82, 2.24) is 20.3 Å². The van der Waals surface area contributed by atoms with Crippen molar-refractivity contribution in [1.29, 1.82) is 0 Å². The summed E-state index contributed by atoms with van der Waals surface area (Å²) in [6.07, 6.45) is 6.95. The summed E-state index contributed by atoms with van der Waals surface area (Å²) in [7, 11) is -3.94. The minimum absolute atomic E-state index is 0.0373. The first-order valence-electron chi connectivity index (χ1n) is 15.5. The fourth-order valence-electron chi connectivity index (χ4n) is 5.68. The van der Waals surface area contributed by atoms with Crippen molar-refractivity contribution in [3.05, 3.63) is 69.8 Å². The van der Waals surface area contributed by atoms with Crippen LogP contribution in [0.25, 0.3) is 5.57 Å². The van der Waals surface area contributed by atoms with Gasteiger partial charge in [0.05, 0.1) is 16.0 Å². The summed E-state index contributed by atoms with van der Waals surface area (Å²) in [5.74, 6) is 0.219. The zero-order valence-electron chi connectivity index (χ0n) is 27.2. The van der Waals surface area contributed by atoms with Gasteiger partial charge in [0, 0.05) is 35.8 Å². The first kappa shape index (κ1) is 34.6. The number of hydrogen-bond donors (Lipinski definition) is 3. The average Bonchev–Trinajstić information content (AvgIpc) is 3.42. The van der Waals surface area contributed by atoms with Gasteiger partial charge in [-0.25, -0.2) is 27.7 Å². The Morgan fingerprint density at radius 1 is 1.00 bits per heavy atom. The number of amides is 2. The van der Waals surface area contributed by atoms with Crippen LogP contribution < -0.4 is 15.4 Å². The summed E-state index contributed by atoms with van der Waals surface area (Å²) >= 11 is 1.50. The molecular weight excluding hydrogens is 613 g/mol. The van der Waals surface area contributed by atoms with Crippen molar-refractivity contribution >= 4 is 39.1 Å². The number of hydrogen-bond acceptors (Lipinski definition) is 8. The largest absolute Gasteiger partial charge is 0.447 e. The molecule has 2 aliphatic rings. The molecule has 2 aromatic rings. The van der Waals surface area contributed by atoms with Crippen molar-refractivity contribution in [3.63, 3.8) is 0 Å². The Morgan fingerprint density at radius 2 is 1.67 bits per heavy atom. The minimum Gasteiger partial charge on any atom is -0.447 e. The summed E-state index contributed by atoms with van der Waals surface area (Å²) in [4.78, 5) is 30.4. The Labute approximate surface area is 271 Å². The Morgan fingerprint density at radius 3 is 2.29 bits per heavy atom. The molecular formula is C33H46N4O6S2. The van der Waals surface area contributed by atoms with Crippen LogP contribution in [0.2, 0.25) is 0 Å². The van der Waals surface area contributed by atoms with Crippen LogP contribution in [-0.2, 0) is 19.5 Å². The van der Waals surface area contributed by atoms with E-state index < -0.39 is 32.5 Å². The highest BCUT2D eigenvalue weighted by atomic mass is 32.2. The number of aromatic nitrogens is 1. The number of ether oxygens (including phenoxy) is 2. The van der Waals surface area contributed by atoms with E-state index in [1.54, 1.807) is 53.0 Å². The third-order valence-electron chi connectivity index (χ3n) is 7.93. The van der Waals surface area contributed by atoms with Crippen LogP contribution in [0.1, 0.15) is 108 Å². The molecule has 1 fully saturated rings. The number of carbonyl (C=O) groups excluding carboxylic acids is 2. The molecule has 0 radical (unpaired) electrons. The number of thiazole rings is 1. The van der Waals surface area contributed by atoms with Gasteiger partial charge in [0.15, 0.2) is 0 Å². The van der Waals surface area contributed by atoms with E-state index in [1.165, 1.54) is 11.3 Å². The van der Waals surface area contributed by atoms with Crippen LogP contribution in [0.15, 0.2) is 54.4 Å². The lowest BCUT2D eigenvalue weighted by Crippen LogP contribution is -2.52. The van der Waals surface area contributed by atoms with E-state index in [1.807, 2.05) is 44.2 Å². The van der Waals surface area contributed by atoms with Gasteiger partial charge < -0.3 is 14.8 Å². The molecule has 3 N–H and O–H groups in total. The standard InChI is InChI=1S/C33H46N4O6S2/c1-21(2)42-30(38)35-25-15-13-24(14-16-25)29-34-20-28(44-29)27-18-17-26(19-33(27,7)45(40,41)37-32(4,5)6)36-31(39)43-22(3)23-11-9-8-10-12-23/h8-12,17-18,20-22,24-25,37H,13-16,19H2,1-7H3,(H,35,38)(H,36,39)/t22-,24-,25-,33+/m0/s1. The molecule has 2 amide bonds. The topological polar surface area (TPSA) is 136 Å². The number of alkyl carbamates (subject to hydrolysis) is 2. The predicted octanol–water partition coefficient (Wildman–Crippen LogP) is 6.94. The van der Waals surface area contributed by atoms with Crippen LogP contribution in [-0.4, -0.2) is 48.0 Å². The molecule has 0 unspecified atom stereocenters. The number of nitrogens with one attached hydrogen (secondary N) is 3. The van der Waals surface area contributed by atoms with Crippen molar-refractivity contribution in [2.45, 2.75) is 115 Å². The monoisotopic (exact) mass is 658 g/mol. The SMILES string of the molecule is CC(C)OC(=O)N[C@H]1CC[C@H](c2ncc(C3=CC=C(NC(=O)O[C@@H](C)c4ccccc4)C[C@@]3(C)S(=O)(=O)NC(C)(C)C)s2)CC1. The predicted molar refractivity (Wildman–Crippen MR) is 177 cm³/mol. The molecule has 0 saturated heterocycles. The molecule has 246 valence electrons. The van der Waals surface area contributed by atoms with Crippen molar-refractivity contribution in [2.75, 3.05) is 0 Å². The highest BCUT2D eigenvalue weighted by Crippen LogP contribution is 2.45. The summed E-state index contributed by atoms with van der Waals surface area (Å²) in [6, 6.07) is 9.46. The van der Waals surface area contributed by atoms with Crippen LogP contribution in [0.4, 0.5) is 9.59 Å². The van der Waals surface area contributed by atoms with Gasteiger partial charge in [0.25, 0.3) is 0 Å². The van der Waals surface area contributed by atoms with E-state index in [9.17, 15) is 18.0 Å². The first-order chi connectivity index (χ1) is 21.1. The third kappa shape index (κ3) is 8.95. The molecule has 0 spiro atoms. The molecule has 1 aromatic carbocycles. The molecule has 10 nitrogen and oxygen atoms in total. The second kappa shape index (κ2) is 14.0. The van der Waals surface area contributed by atoms with E-state index in [0.29, 0.717) is 11.3 Å². The quantitative estimate of drug-likeness (QED) is 0.266. The number of sulfonamides is 1. The molecule has 45 heavy (non-hydrogen) atoms. The second-order valence-electron chi connectivity index (χ2n) is 13.3. The lowest BCUT2D eigenvalue weighted by molar-refractivity contribution is 0.108. The van der Waals surface area contributed by atoms with E-state index in [2.05, 4.69) is 15.4 Å². The van der Waals surface area contributed by atoms with Gasteiger partial charge in [-0.05, 0) is 91.4 Å². The van der Waals surface area contributed by atoms with Crippen molar-refractivity contribution in [3.8, 4) is 0 Å². The summed E-state index contributed by atoms with van der Waals surface area (Å²) in [5.41, 5.74) is 1.20. The summed E-state index contributed by atoms with van der Waals surface area (Å²) < 4.78 is 40.3. The molecule has 2 aliphatic carbocycles. The molecule has 2 atom stereocenters. The molecule has 1 saturated carbocycles. The Bertz CT molecular complexity index is 1520. The van der Waals surface area contributed by atoms with Gasteiger partial charge in [-0.1, -0.05) is 36.4 Å². The molecule has 12 heteroatoms. The smallest absolute Gasteiger partial charge is 0.411 e. The van der Waals surface area contributed by atoms with Crippen LogP contribution >= 0.6 is 11.3 Å². The maximum atomic E-state index is 14.0. The lowest BCUT2D eigenvalue weighted by Gasteiger charge is -2.37. The number of benzene rings is 1. The Balaban J connectivity index is 1.53. The van der Waals surface area contributed by atoms with E-state index >= 15 is 0 Å². The highest BCUT2D eigenvalue weighted by molar-refractivity contribution is 7.91. The first-order valence-corrected chi connectivity index (χ1v) is 17.8. The normalized spacial score (nSPS) is 23.0. The highest BCUT2D eigenvalue weighted by Gasteiger charge is 2.47. The van der Waals surface area contributed by atoms with E-state index in [0.717, 1.165) is 41.1 Å². The number of nitrogens with zero attached hydrogens (tertiary/aromatic N) is 1. The van der Waals surface area contributed by atoms with Crippen LogP contribution in [0.3, 0.4) is 0 Å². The molecule has 4 rings (SSSR count). The lowest BCUT2D eigenvalue weighted by atomic mass is 9.86. The molecule has 0 aliphatic heterocycles. The summed E-state index contributed by atoms with van der Waals surface area (Å²) in [6.45, 7) is 12.5. The zero-order valence-corrected chi connectivity index (χ0v) is 28.8. The Hall–Kier alpha value is -3.22. The van der Waals surface area contributed by atoms with Gasteiger partial charge in [0.2, 0.25) is 10.0 Å². The maximum absolute atomic E-state index is 14.0. The number of carbonyl (C=O) groups is 2. The number of rotatable bonds is 9. The minimum atomic E-state index is -3.94. The third-order valence-corrected chi connectivity index (χ3v) is 11.6. The maximum Gasteiger partial charge on any atom is 0.411 e. The molecule has 1 aromatic heterocycles. The van der Waals surface area contributed by atoms with Gasteiger partial charge in [-0.15, -0.1) is 11.3 Å². The van der Waals surface area contributed by atoms with Crippen molar-refractivity contribution < 1.29 is 27.5 Å². The van der Waals surface area contributed by atoms with Gasteiger partial charge in [-0.3, -0.25) is 5.32 Å². The summed E-state index contributed by atoms with van der Waals surface area (Å²) in [5, 5.41) is 6.68. The fourth-order valence-corrected chi connectivity index (χ4v) is 8.83. The van der Waals surface area contributed by atoms with Gasteiger partial charge in [0.1, 0.15) is 10.9 Å². The number of allylic oxidation sites excluding steroid dienone is 3. The van der Waals surface area contributed by atoms with Crippen LogP contribution in [0, 0.1) is 0 Å². The fraction of sp³-hybridized carbons (Fsp3) is 0.545. The zero-order chi connectivity index (χ0) is 33.0. The average molecular weight is 659 g/mol. The van der Waals surface area contributed by atoms with Crippen molar-refractivity contribution in [2.24, 2.45) is 0 Å². The van der Waals surface area contributed by atoms with E-state index in [-0.39, 0.29) is 30.6 Å².